The number of anilines is 2. The van der Waals surface area contributed by atoms with Crippen molar-refractivity contribution in [3.8, 4) is 11.5 Å². The van der Waals surface area contributed by atoms with Gasteiger partial charge in [-0.3, -0.25) is 0 Å². The van der Waals surface area contributed by atoms with Gasteiger partial charge in [-0.15, -0.1) is 0 Å². The van der Waals surface area contributed by atoms with Crippen LogP contribution in [0, 0.1) is 0 Å². The SMILES string of the molecule is COCCN1c2ccccc2Oc2ccccc21. The molecule has 3 rings (SSSR count). The van der Waals surface area contributed by atoms with Gasteiger partial charge in [-0.1, -0.05) is 24.3 Å². The Morgan fingerprint density at radius 2 is 1.50 bits per heavy atom. The maximum atomic E-state index is 5.91. The first kappa shape index (κ1) is 11.1. The van der Waals surface area contributed by atoms with Gasteiger partial charge in [-0.25, -0.2) is 0 Å². The first-order valence-electron chi connectivity index (χ1n) is 6.02. The summed E-state index contributed by atoms with van der Waals surface area (Å²) in [5.41, 5.74) is 2.18. The Hall–Kier alpha value is -2.00. The third-order valence-electron chi connectivity index (χ3n) is 3.05. The molecule has 0 amide bonds. The molecule has 0 saturated heterocycles. The minimum absolute atomic E-state index is 0.683. The molecule has 0 N–H and O–H groups in total. The highest BCUT2D eigenvalue weighted by Gasteiger charge is 2.22. The Bertz CT molecular complexity index is 508. The van der Waals surface area contributed by atoms with Crippen LogP contribution in [0.15, 0.2) is 48.5 Å². The summed E-state index contributed by atoms with van der Waals surface area (Å²) in [6.45, 7) is 1.50. The standard InChI is InChI=1S/C15H15NO2/c1-17-11-10-16-12-6-2-4-8-14(12)18-15-9-5-3-7-13(15)16/h2-9H,10-11H2,1H3. The Kier molecular flexibility index (Phi) is 2.90. The third kappa shape index (κ3) is 1.83. The molecule has 0 unspecified atom stereocenters. The van der Waals surface area contributed by atoms with Crippen molar-refractivity contribution >= 4 is 11.4 Å². The van der Waals surface area contributed by atoms with E-state index in [1.54, 1.807) is 7.11 Å². The summed E-state index contributed by atoms with van der Waals surface area (Å²) in [5, 5.41) is 0. The predicted molar refractivity (Wildman–Crippen MR) is 71.8 cm³/mol. The lowest BCUT2D eigenvalue weighted by molar-refractivity contribution is 0.207. The second-order valence-electron chi connectivity index (χ2n) is 4.18. The molecule has 0 aliphatic carbocycles. The van der Waals surface area contributed by atoms with Gasteiger partial charge in [-0.2, -0.15) is 0 Å². The first-order chi connectivity index (χ1) is 8.90. The van der Waals surface area contributed by atoms with Crippen molar-refractivity contribution in [1.82, 2.24) is 0 Å². The van der Waals surface area contributed by atoms with E-state index in [0.29, 0.717) is 6.61 Å². The van der Waals surface area contributed by atoms with E-state index in [4.69, 9.17) is 9.47 Å². The quantitative estimate of drug-likeness (QED) is 0.819. The zero-order chi connectivity index (χ0) is 12.4. The molecule has 3 nitrogen and oxygen atoms in total. The summed E-state index contributed by atoms with van der Waals surface area (Å²) in [5.74, 6) is 1.79. The topological polar surface area (TPSA) is 21.7 Å². The largest absolute Gasteiger partial charge is 0.453 e. The summed E-state index contributed by atoms with van der Waals surface area (Å²) in [4.78, 5) is 2.23. The van der Waals surface area contributed by atoms with Gasteiger partial charge in [0.05, 0.1) is 18.0 Å². The predicted octanol–water partition coefficient (Wildman–Crippen LogP) is 3.58. The fraction of sp³-hybridized carbons (Fsp3) is 0.200. The summed E-state index contributed by atoms with van der Waals surface area (Å²) < 4.78 is 11.1. The number of fused-ring (bicyclic) bond motifs is 2. The summed E-state index contributed by atoms with van der Waals surface area (Å²) in [7, 11) is 1.72. The van der Waals surface area contributed by atoms with Gasteiger partial charge in [0.1, 0.15) is 0 Å². The molecule has 1 heterocycles. The van der Waals surface area contributed by atoms with Crippen LogP contribution < -0.4 is 9.64 Å². The Morgan fingerprint density at radius 1 is 0.944 bits per heavy atom. The monoisotopic (exact) mass is 241 g/mol. The Labute approximate surface area is 107 Å². The number of hydrogen-bond donors (Lipinski definition) is 0. The first-order valence-corrected chi connectivity index (χ1v) is 6.02. The summed E-state index contributed by atoms with van der Waals surface area (Å²) >= 11 is 0. The summed E-state index contributed by atoms with van der Waals surface area (Å²) in [6.07, 6.45) is 0. The molecule has 0 saturated carbocycles. The van der Waals surface area contributed by atoms with Crippen molar-refractivity contribution in [2.24, 2.45) is 0 Å². The molecule has 18 heavy (non-hydrogen) atoms. The van der Waals surface area contributed by atoms with Gasteiger partial charge in [0.2, 0.25) is 0 Å². The number of hydrogen-bond acceptors (Lipinski definition) is 3. The highest BCUT2D eigenvalue weighted by Crippen LogP contribution is 2.45. The van der Waals surface area contributed by atoms with Gasteiger partial charge in [0, 0.05) is 13.7 Å². The van der Waals surface area contributed by atoms with Crippen LogP contribution in [0.25, 0.3) is 0 Å². The third-order valence-corrected chi connectivity index (χ3v) is 3.05. The van der Waals surface area contributed by atoms with Gasteiger partial charge in [0.25, 0.3) is 0 Å². The molecule has 2 aromatic carbocycles. The van der Waals surface area contributed by atoms with Crippen molar-refractivity contribution in [3.05, 3.63) is 48.5 Å². The van der Waals surface area contributed by atoms with E-state index in [1.165, 1.54) is 0 Å². The lowest BCUT2D eigenvalue weighted by atomic mass is 10.1. The molecule has 2 aromatic rings. The fourth-order valence-corrected chi connectivity index (χ4v) is 2.20. The smallest absolute Gasteiger partial charge is 0.151 e. The molecule has 0 aromatic heterocycles. The molecule has 0 spiro atoms. The van der Waals surface area contributed by atoms with Gasteiger partial charge >= 0.3 is 0 Å². The van der Waals surface area contributed by atoms with E-state index < -0.39 is 0 Å². The van der Waals surface area contributed by atoms with Crippen molar-refractivity contribution in [2.75, 3.05) is 25.2 Å². The number of para-hydroxylation sites is 4. The summed E-state index contributed by atoms with van der Waals surface area (Å²) in [6, 6.07) is 16.1. The number of benzene rings is 2. The van der Waals surface area contributed by atoms with E-state index in [-0.39, 0.29) is 0 Å². The van der Waals surface area contributed by atoms with Crippen molar-refractivity contribution < 1.29 is 9.47 Å². The Morgan fingerprint density at radius 3 is 2.06 bits per heavy atom. The second kappa shape index (κ2) is 4.70. The van der Waals surface area contributed by atoms with Crippen LogP contribution in [-0.4, -0.2) is 20.3 Å². The molecule has 92 valence electrons. The lowest BCUT2D eigenvalue weighted by Crippen LogP contribution is -2.24. The van der Waals surface area contributed by atoms with Gasteiger partial charge in [-0.05, 0) is 24.3 Å². The number of nitrogens with zero attached hydrogens (tertiary/aromatic N) is 1. The highest BCUT2D eigenvalue weighted by atomic mass is 16.5. The average Bonchev–Trinajstić information content (AvgIpc) is 2.43. The molecular weight excluding hydrogens is 226 g/mol. The second-order valence-corrected chi connectivity index (χ2v) is 4.18. The van der Waals surface area contributed by atoms with E-state index in [2.05, 4.69) is 17.0 Å². The van der Waals surface area contributed by atoms with Crippen LogP contribution in [0.4, 0.5) is 11.4 Å². The normalized spacial score (nSPS) is 12.6. The van der Waals surface area contributed by atoms with Crippen LogP contribution in [0.1, 0.15) is 0 Å². The van der Waals surface area contributed by atoms with Crippen LogP contribution in [0.5, 0.6) is 11.5 Å². The zero-order valence-corrected chi connectivity index (χ0v) is 10.3. The molecule has 0 radical (unpaired) electrons. The average molecular weight is 241 g/mol. The molecule has 1 aliphatic heterocycles. The van der Waals surface area contributed by atoms with Crippen molar-refractivity contribution in [1.29, 1.82) is 0 Å². The number of rotatable bonds is 3. The van der Waals surface area contributed by atoms with Crippen molar-refractivity contribution in [3.63, 3.8) is 0 Å². The molecular formula is C15H15NO2. The maximum Gasteiger partial charge on any atom is 0.151 e. The molecule has 1 aliphatic rings. The van der Waals surface area contributed by atoms with E-state index in [9.17, 15) is 0 Å². The van der Waals surface area contributed by atoms with E-state index >= 15 is 0 Å². The minimum atomic E-state index is 0.683. The molecule has 0 fully saturated rings. The number of methoxy groups -OCH3 is 1. The van der Waals surface area contributed by atoms with Crippen LogP contribution in [-0.2, 0) is 4.74 Å². The molecule has 3 heteroatoms. The van der Waals surface area contributed by atoms with Crippen LogP contribution in [0.2, 0.25) is 0 Å². The van der Waals surface area contributed by atoms with E-state index in [0.717, 1.165) is 29.4 Å². The van der Waals surface area contributed by atoms with Crippen molar-refractivity contribution in [2.45, 2.75) is 0 Å². The van der Waals surface area contributed by atoms with Crippen LogP contribution >= 0.6 is 0 Å². The lowest BCUT2D eigenvalue weighted by Gasteiger charge is -2.32. The maximum absolute atomic E-state index is 5.91. The number of ether oxygens (including phenoxy) is 2. The molecule has 0 bridgehead atoms. The zero-order valence-electron chi connectivity index (χ0n) is 10.3. The Balaban J connectivity index is 2.05. The van der Waals surface area contributed by atoms with Gasteiger partial charge < -0.3 is 14.4 Å². The highest BCUT2D eigenvalue weighted by molar-refractivity contribution is 5.77. The van der Waals surface area contributed by atoms with Gasteiger partial charge in [0.15, 0.2) is 11.5 Å². The minimum Gasteiger partial charge on any atom is -0.453 e. The molecule has 0 atom stereocenters. The van der Waals surface area contributed by atoms with E-state index in [1.807, 2.05) is 36.4 Å². The van der Waals surface area contributed by atoms with Crippen LogP contribution in [0.3, 0.4) is 0 Å². The fourth-order valence-electron chi connectivity index (χ4n) is 2.20.